The lowest BCUT2D eigenvalue weighted by atomic mass is 10.1. The normalized spacial score (nSPS) is 11.2. The standard InChI is InChI=1S/C39H47N3O3/c1-29(2)39(43)45-26-14-10-8-6-5-7-9-13-25-44-33-20-18-32(19-21-33)28-40-37-23-24-38(35-16-12-11-15-34(35)37)42-41-36-22-17-30(3)27-31(36)4/h11-12,15-24,27,40H,1,5-10,13-14,25-26,28H2,2-4H3. The van der Waals surface area contributed by atoms with Crippen LogP contribution in [-0.4, -0.2) is 19.2 Å². The van der Waals surface area contributed by atoms with E-state index in [0.717, 1.165) is 65.0 Å². The first-order valence-electron chi connectivity index (χ1n) is 16.2. The van der Waals surface area contributed by atoms with E-state index >= 15 is 0 Å². The quantitative estimate of drug-likeness (QED) is 0.0530. The summed E-state index contributed by atoms with van der Waals surface area (Å²) in [6.07, 6.45) is 9.14. The van der Waals surface area contributed by atoms with Gasteiger partial charge in [0.05, 0.1) is 24.6 Å². The molecule has 0 saturated carbocycles. The summed E-state index contributed by atoms with van der Waals surface area (Å²) in [6, 6.07) is 27.0. The number of hydrogen-bond acceptors (Lipinski definition) is 6. The van der Waals surface area contributed by atoms with Crippen LogP contribution in [0.2, 0.25) is 0 Å². The second kappa shape index (κ2) is 17.7. The molecular weight excluding hydrogens is 558 g/mol. The maximum absolute atomic E-state index is 11.3. The van der Waals surface area contributed by atoms with Gasteiger partial charge in [-0.15, -0.1) is 5.11 Å². The van der Waals surface area contributed by atoms with Crippen molar-refractivity contribution in [2.24, 2.45) is 10.2 Å². The van der Waals surface area contributed by atoms with Gasteiger partial charge in [0.25, 0.3) is 0 Å². The minimum absolute atomic E-state index is 0.286. The van der Waals surface area contributed by atoms with Gasteiger partial charge in [-0.1, -0.05) is 99.2 Å². The van der Waals surface area contributed by atoms with Crippen LogP contribution < -0.4 is 10.1 Å². The molecular formula is C39H47N3O3. The largest absolute Gasteiger partial charge is 0.494 e. The minimum atomic E-state index is -0.286. The van der Waals surface area contributed by atoms with Crippen molar-refractivity contribution in [3.63, 3.8) is 0 Å². The number of azo groups is 1. The lowest BCUT2D eigenvalue weighted by Crippen LogP contribution is -2.05. The first kappa shape index (κ1) is 33.4. The number of carbonyl (C=O) groups excluding carboxylic acids is 1. The van der Waals surface area contributed by atoms with E-state index < -0.39 is 0 Å². The van der Waals surface area contributed by atoms with Crippen molar-refractivity contribution in [3.05, 3.63) is 108 Å². The number of rotatable bonds is 18. The van der Waals surface area contributed by atoms with Crippen LogP contribution in [0.4, 0.5) is 17.1 Å². The molecule has 0 fully saturated rings. The van der Waals surface area contributed by atoms with E-state index in [1.807, 2.05) is 18.2 Å². The Balaban J connectivity index is 1.15. The molecule has 0 heterocycles. The highest BCUT2D eigenvalue weighted by Gasteiger charge is 2.07. The molecule has 0 aliphatic rings. The second-order valence-corrected chi connectivity index (χ2v) is 11.8. The number of fused-ring (bicyclic) bond motifs is 1. The molecule has 0 atom stereocenters. The molecule has 0 aliphatic heterocycles. The second-order valence-electron chi connectivity index (χ2n) is 11.8. The third kappa shape index (κ3) is 10.9. The van der Waals surface area contributed by atoms with Crippen molar-refractivity contribution in [1.29, 1.82) is 0 Å². The Labute approximate surface area is 268 Å². The topological polar surface area (TPSA) is 72.3 Å². The van der Waals surface area contributed by atoms with Crippen LogP contribution in [0.1, 0.15) is 75.0 Å². The van der Waals surface area contributed by atoms with Gasteiger partial charge in [0.2, 0.25) is 0 Å². The monoisotopic (exact) mass is 605 g/mol. The Morgan fingerprint density at radius 2 is 1.36 bits per heavy atom. The fraction of sp³-hybridized carbons (Fsp3) is 0.359. The third-order valence-corrected chi connectivity index (χ3v) is 7.81. The van der Waals surface area contributed by atoms with Crippen LogP contribution in [0.25, 0.3) is 10.8 Å². The highest BCUT2D eigenvalue weighted by atomic mass is 16.5. The Morgan fingerprint density at radius 1 is 0.733 bits per heavy atom. The first-order chi connectivity index (χ1) is 21.9. The van der Waals surface area contributed by atoms with Gasteiger partial charge in [0, 0.05) is 28.6 Å². The van der Waals surface area contributed by atoms with E-state index in [4.69, 9.17) is 9.47 Å². The number of nitrogens with zero attached hydrogens (tertiary/aromatic N) is 2. The summed E-state index contributed by atoms with van der Waals surface area (Å²) < 4.78 is 11.1. The zero-order valence-corrected chi connectivity index (χ0v) is 27.1. The van der Waals surface area contributed by atoms with Gasteiger partial charge in [-0.2, -0.15) is 5.11 Å². The average molecular weight is 606 g/mol. The van der Waals surface area contributed by atoms with Crippen LogP contribution in [0.15, 0.2) is 101 Å². The van der Waals surface area contributed by atoms with Gasteiger partial charge in [-0.3, -0.25) is 0 Å². The fourth-order valence-electron chi connectivity index (χ4n) is 5.19. The number of esters is 1. The van der Waals surface area contributed by atoms with Gasteiger partial charge in [-0.25, -0.2) is 4.79 Å². The van der Waals surface area contributed by atoms with Crippen molar-refractivity contribution < 1.29 is 14.3 Å². The smallest absolute Gasteiger partial charge is 0.333 e. The molecule has 236 valence electrons. The molecule has 4 aromatic rings. The molecule has 0 aromatic heterocycles. The van der Waals surface area contributed by atoms with Crippen molar-refractivity contribution >= 4 is 33.8 Å². The molecule has 0 bridgehead atoms. The summed E-state index contributed by atoms with van der Waals surface area (Å²) in [5, 5.41) is 14.9. The van der Waals surface area contributed by atoms with Gasteiger partial charge in [0.15, 0.2) is 0 Å². The minimum Gasteiger partial charge on any atom is -0.494 e. The van der Waals surface area contributed by atoms with Crippen molar-refractivity contribution in [3.8, 4) is 5.75 Å². The van der Waals surface area contributed by atoms with Crippen molar-refractivity contribution in [2.75, 3.05) is 18.5 Å². The summed E-state index contributed by atoms with van der Waals surface area (Å²) in [5.74, 6) is 0.626. The van der Waals surface area contributed by atoms with Crippen LogP contribution in [0.5, 0.6) is 5.75 Å². The number of hydrogen-bond donors (Lipinski definition) is 1. The molecule has 1 N–H and O–H groups in total. The lowest BCUT2D eigenvalue weighted by molar-refractivity contribution is -0.139. The number of nitrogens with one attached hydrogen (secondary N) is 1. The number of carbonyl (C=O) groups is 1. The Hall–Kier alpha value is -4.45. The van der Waals surface area contributed by atoms with Gasteiger partial charge < -0.3 is 14.8 Å². The van der Waals surface area contributed by atoms with Crippen molar-refractivity contribution in [1.82, 2.24) is 0 Å². The van der Waals surface area contributed by atoms with E-state index in [1.165, 1.54) is 43.2 Å². The van der Waals surface area contributed by atoms with E-state index in [0.29, 0.717) is 18.7 Å². The number of ether oxygens (including phenoxy) is 2. The maximum Gasteiger partial charge on any atom is 0.333 e. The molecule has 0 unspecified atom stereocenters. The van der Waals surface area contributed by atoms with Crippen LogP contribution in [0, 0.1) is 13.8 Å². The van der Waals surface area contributed by atoms with Crippen LogP contribution in [0.3, 0.4) is 0 Å². The summed E-state index contributed by atoms with van der Waals surface area (Å²) in [5.41, 5.74) is 6.81. The molecule has 6 nitrogen and oxygen atoms in total. The van der Waals surface area contributed by atoms with E-state index in [-0.39, 0.29) is 5.97 Å². The molecule has 45 heavy (non-hydrogen) atoms. The maximum atomic E-state index is 11.3. The van der Waals surface area contributed by atoms with E-state index in [9.17, 15) is 4.79 Å². The van der Waals surface area contributed by atoms with Gasteiger partial charge in [0.1, 0.15) is 5.75 Å². The average Bonchev–Trinajstić information content (AvgIpc) is 3.04. The summed E-state index contributed by atoms with van der Waals surface area (Å²) in [4.78, 5) is 11.3. The predicted molar refractivity (Wildman–Crippen MR) is 186 cm³/mol. The van der Waals surface area contributed by atoms with E-state index in [1.54, 1.807) is 6.92 Å². The first-order valence-corrected chi connectivity index (χ1v) is 16.2. The molecule has 0 spiro atoms. The molecule has 4 aromatic carbocycles. The number of unbranched alkanes of at least 4 members (excludes halogenated alkanes) is 7. The number of anilines is 1. The zero-order chi connectivity index (χ0) is 31.9. The Kier molecular flexibility index (Phi) is 13.2. The summed E-state index contributed by atoms with van der Waals surface area (Å²) >= 11 is 0. The fourth-order valence-corrected chi connectivity index (χ4v) is 5.19. The van der Waals surface area contributed by atoms with Gasteiger partial charge in [-0.05, 0) is 75.1 Å². The number of aryl methyl sites for hydroxylation is 2. The lowest BCUT2D eigenvalue weighted by Gasteiger charge is -2.12. The molecule has 0 aliphatic carbocycles. The third-order valence-electron chi connectivity index (χ3n) is 7.81. The Morgan fingerprint density at radius 3 is 2.04 bits per heavy atom. The van der Waals surface area contributed by atoms with Crippen LogP contribution in [-0.2, 0) is 16.1 Å². The number of benzene rings is 4. The molecule has 0 radical (unpaired) electrons. The van der Waals surface area contributed by atoms with Gasteiger partial charge >= 0.3 is 5.97 Å². The van der Waals surface area contributed by atoms with Crippen LogP contribution >= 0.6 is 0 Å². The molecule has 0 saturated heterocycles. The highest BCUT2D eigenvalue weighted by molar-refractivity contribution is 6.00. The highest BCUT2D eigenvalue weighted by Crippen LogP contribution is 2.33. The zero-order valence-electron chi connectivity index (χ0n) is 27.1. The molecule has 0 amide bonds. The van der Waals surface area contributed by atoms with E-state index in [2.05, 4.69) is 96.6 Å². The Bertz CT molecular complexity index is 1580. The summed E-state index contributed by atoms with van der Waals surface area (Å²) in [7, 11) is 0. The summed E-state index contributed by atoms with van der Waals surface area (Å²) in [6.45, 7) is 11.4. The molecule has 6 heteroatoms. The molecule has 4 rings (SSSR count). The van der Waals surface area contributed by atoms with Crippen molar-refractivity contribution in [2.45, 2.75) is 78.7 Å². The predicted octanol–water partition coefficient (Wildman–Crippen LogP) is 11.1. The SMILES string of the molecule is C=C(C)C(=O)OCCCCCCCCCCOc1ccc(CNc2ccc(N=Nc3ccc(C)cc3C)c3ccccc23)cc1.